The largest absolute Gasteiger partial charge is 0.396 e. The summed E-state index contributed by atoms with van der Waals surface area (Å²) >= 11 is 0. The van der Waals surface area contributed by atoms with E-state index in [9.17, 15) is 5.11 Å². The van der Waals surface area contributed by atoms with Gasteiger partial charge in [-0.2, -0.15) is 0 Å². The molecule has 0 unspecified atom stereocenters. The fraction of sp³-hybridized carbons (Fsp3) is 0.429. The third-order valence-corrected chi connectivity index (χ3v) is 5.65. The van der Waals surface area contributed by atoms with Crippen molar-refractivity contribution in [1.29, 1.82) is 0 Å². The Morgan fingerprint density at radius 2 is 1.69 bits per heavy atom. The van der Waals surface area contributed by atoms with Crippen molar-refractivity contribution in [3.63, 3.8) is 0 Å². The number of piperidine rings is 1. The summed E-state index contributed by atoms with van der Waals surface area (Å²) in [5, 5.41) is 13.0. The standard InChI is InChI=1S/C21H26N2O.2ClH/c24-14-9-18-7-4-8-19-20(18)21(10-12-22-13-11-21)16-23(19)15-17-5-2-1-3-6-17;;/h1-8,22,24H,9-16H2;2*1H. The summed E-state index contributed by atoms with van der Waals surface area (Å²) in [6.07, 6.45) is 3.14. The third-order valence-electron chi connectivity index (χ3n) is 5.65. The summed E-state index contributed by atoms with van der Waals surface area (Å²) in [5.74, 6) is 0. The highest BCUT2D eigenvalue weighted by atomic mass is 35.5. The maximum atomic E-state index is 9.51. The van der Waals surface area contributed by atoms with E-state index in [1.807, 2.05) is 0 Å². The maximum absolute atomic E-state index is 9.51. The Kier molecular flexibility index (Phi) is 7.36. The number of benzene rings is 2. The van der Waals surface area contributed by atoms with Gasteiger partial charge in [-0.25, -0.2) is 0 Å². The second-order valence-electron chi connectivity index (χ2n) is 7.16. The van der Waals surface area contributed by atoms with Crippen LogP contribution >= 0.6 is 24.8 Å². The Morgan fingerprint density at radius 3 is 2.38 bits per heavy atom. The van der Waals surface area contributed by atoms with Gasteiger partial charge in [-0.3, -0.25) is 0 Å². The van der Waals surface area contributed by atoms with Gasteiger partial charge in [0, 0.05) is 30.8 Å². The van der Waals surface area contributed by atoms with Crippen LogP contribution in [0.15, 0.2) is 48.5 Å². The monoisotopic (exact) mass is 394 g/mol. The van der Waals surface area contributed by atoms with Crippen LogP contribution in [0.1, 0.15) is 29.5 Å². The highest BCUT2D eigenvalue weighted by molar-refractivity contribution is 5.85. The van der Waals surface area contributed by atoms with E-state index in [-0.39, 0.29) is 36.8 Å². The summed E-state index contributed by atoms with van der Waals surface area (Å²) in [7, 11) is 0. The zero-order chi connectivity index (χ0) is 16.4. The van der Waals surface area contributed by atoms with Crippen molar-refractivity contribution in [2.24, 2.45) is 0 Å². The zero-order valence-corrected chi connectivity index (χ0v) is 16.6. The molecule has 1 spiro atoms. The molecule has 2 aromatic carbocycles. The third kappa shape index (κ3) is 3.86. The fourth-order valence-corrected chi connectivity index (χ4v) is 4.58. The number of nitrogens with zero attached hydrogens (tertiary/aromatic N) is 1. The number of aliphatic hydroxyl groups excluding tert-OH is 1. The summed E-state index contributed by atoms with van der Waals surface area (Å²) in [6, 6.07) is 17.4. The SMILES string of the molecule is Cl.Cl.OCCc1cccc2c1C1(CCNCC1)CN2Cc1ccccc1. The predicted octanol–water partition coefficient (Wildman–Crippen LogP) is 3.71. The minimum atomic E-state index is 0. The van der Waals surface area contributed by atoms with Crippen molar-refractivity contribution in [2.75, 3.05) is 31.1 Å². The molecule has 2 aliphatic rings. The number of halogens is 2. The summed E-state index contributed by atoms with van der Waals surface area (Å²) in [5.41, 5.74) is 5.85. The highest BCUT2D eigenvalue weighted by Gasteiger charge is 2.44. The van der Waals surface area contributed by atoms with Gasteiger partial charge in [0.2, 0.25) is 0 Å². The number of fused-ring (bicyclic) bond motifs is 2. The van der Waals surface area contributed by atoms with Crippen molar-refractivity contribution < 1.29 is 5.11 Å². The molecule has 4 rings (SSSR count). The predicted molar refractivity (Wildman–Crippen MR) is 113 cm³/mol. The first-order valence-electron chi connectivity index (χ1n) is 9.05. The van der Waals surface area contributed by atoms with Crippen LogP contribution in [0.5, 0.6) is 0 Å². The molecule has 0 atom stereocenters. The van der Waals surface area contributed by atoms with Gasteiger partial charge in [0.25, 0.3) is 0 Å². The second-order valence-corrected chi connectivity index (χ2v) is 7.16. The van der Waals surface area contributed by atoms with Crippen LogP contribution in [-0.2, 0) is 18.4 Å². The molecule has 2 aliphatic heterocycles. The first-order valence-corrected chi connectivity index (χ1v) is 9.05. The van der Waals surface area contributed by atoms with E-state index in [1.54, 1.807) is 0 Å². The first-order chi connectivity index (χ1) is 11.8. The molecule has 0 saturated carbocycles. The topological polar surface area (TPSA) is 35.5 Å². The molecular weight excluding hydrogens is 367 g/mol. The van der Waals surface area contributed by atoms with E-state index < -0.39 is 0 Å². The van der Waals surface area contributed by atoms with E-state index in [4.69, 9.17) is 0 Å². The molecule has 26 heavy (non-hydrogen) atoms. The van der Waals surface area contributed by atoms with Gasteiger partial charge >= 0.3 is 0 Å². The molecule has 142 valence electrons. The van der Waals surface area contributed by atoms with E-state index in [1.165, 1.54) is 35.2 Å². The number of nitrogens with one attached hydrogen (secondary N) is 1. The molecule has 2 aromatic rings. The summed E-state index contributed by atoms with van der Waals surface area (Å²) < 4.78 is 0. The fourth-order valence-electron chi connectivity index (χ4n) is 4.58. The molecule has 0 aromatic heterocycles. The normalized spacial score (nSPS) is 17.3. The molecule has 5 heteroatoms. The number of aliphatic hydroxyl groups is 1. The number of rotatable bonds is 4. The molecule has 2 heterocycles. The number of hydrogen-bond donors (Lipinski definition) is 2. The van der Waals surface area contributed by atoms with Crippen molar-refractivity contribution in [2.45, 2.75) is 31.2 Å². The molecule has 0 radical (unpaired) electrons. The average molecular weight is 395 g/mol. The molecule has 0 aliphatic carbocycles. The first kappa shape index (κ1) is 21.0. The van der Waals surface area contributed by atoms with Crippen molar-refractivity contribution in [3.05, 3.63) is 65.2 Å². The van der Waals surface area contributed by atoms with Gasteiger partial charge in [0.1, 0.15) is 0 Å². The van der Waals surface area contributed by atoms with Gasteiger partial charge in [-0.05, 0) is 55.1 Å². The Bertz CT molecular complexity index is 702. The molecule has 0 amide bonds. The summed E-state index contributed by atoms with van der Waals surface area (Å²) in [6.45, 7) is 4.47. The van der Waals surface area contributed by atoms with Crippen LogP contribution in [0.4, 0.5) is 5.69 Å². The summed E-state index contributed by atoms with van der Waals surface area (Å²) in [4.78, 5) is 2.55. The Balaban J connectivity index is 0.00000121. The molecule has 2 N–H and O–H groups in total. The van der Waals surface area contributed by atoms with Gasteiger partial charge in [0.05, 0.1) is 0 Å². The Hall–Kier alpha value is -1.26. The van der Waals surface area contributed by atoms with Crippen molar-refractivity contribution in [1.82, 2.24) is 5.32 Å². The van der Waals surface area contributed by atoms with E-state index in [0.717, 1.165) is 32.6 Å². The van der Waals surface area contributed by atoms with Crippen molar-refractivity contribution in [3.8, 4) is 0 Å². The second kappa shape index (κ2) is 9.09. The lowest BCUT2D eigenvalue weighted by molar-refractivity contribution is 0.294. The average Bonchev–Trinajstić information content (AvgIpc) is 2.91. The van der Waals surface area contributed by atoms with Gasteiger partial charge < -0.3 is 15.3 Å². The van der Waals surface area contributed by atoms with Crippen molar-refractivity contribution >= 4 is 30.5 Å². The van der Waals surface area contributed by atoms with Gasteiger partial charge in [0.15, 0.2) is 0 Å². The zero-order valence-electron chi connectivity index (χ0n) is 15.0. The van der Waals surface area contributed by atoms with Crippen LogP contribution in [0.3, 0.4) is 0 Å². The molecule has 1 saturated heterocycles. The molecule has 3 nitrogen and oxygen atoms in total. The van der Waals surface area contributed by atoms with Crippen LogP contribution in [0.25, 0.3) is 0 Å². The van der Waals surface area contributed by atoms with E-state index in [0.29, 0.717) is 0 Å². The lowest BCUT2D eigenvalue weighted by Gasteiger charge is -2.36. The Labute approximate surface area is 168 Å². The van der Waals surface area contributed by atoms with Gasteiger partial charge in [-0.1, -0.05) is 42.5 Å². The quantitative estimate of drug-likeness (QED) is 0.829. The minimum absolute atomic E-state index is 0. The van der Waals surface area contributed by atoms with Crippen LogP contribution in [0, 0.1) is 0 Å². The van der Waals surface area contributed by atoms with E-state index >= 15 is 0 Å². The smallest absolute Gasteiger partial charge is 0.0471 e. The minimum Gasteiger partial charge on any atom is -0.396 e. The van der Waals surface area contributed by atoms with E-state index in [2.05, 4.69) is 58.7 Å². The lowest BCUT2D eigenvalue weighted by atomic mass is 9.72. The van der Waals surface area contributed by atoms with Crippen LogP contribution in [-0.4, -0.2) is 31.3 Å². The maximum Gasteiger partial charge on any atom is 0.0471 e. The molecule has 1 fully saturated rings. The Morgan fingerprint density at radius 1 is 0.962 bits per heavy atom. The van der Waals surface area contributed by atoms with Gasteiger partial charge in [-0.15, -0.1) is 24.8 Å². The number of anilines is 1. The molecule has 0 bridgehead atoms. The van der Waals surface area contributed by atoms with Crippen LogP contribution < -0.4 is 10.2 Å². The van der Waals surface area contributed by atoms with Crippen LogP contribution in [0.2, 0.25) is 0 Å². The number of hydrogen-bond acceptors (Lipinski definition) is 3. The lowest BCUT2D eigenvalue weighted by Crippen LogP contribution is -2.43. The molecular formula is C21H28Cl2N2O. The highest BCUT2D eigenvalue weighted by Crippen LogP contribution is 2.48.